The number of nitrogens with two attached hydrogens (primary N) is 1. The van der Waals surface area contributed by atoms with Gasteiger partial charge in [-0.05, 0) is 86.6 Å². The molecule has 2 aromatic heterocycles. The summed E-state index contributed by atoms with van der Waals surface area (Å²) >= 11 is 0. The van der Waals surface area contributed by atoms with Crippen molar-refractivity contribution in [2.24, 2.45) is 11.3 Å². The van der Waals surface area contributed by atoms with E-state index in [0.717, 1.165) is 98.6 Å². The van der Waals surface area contributed by atoms with E-state index in [0.29, 0.717) is 41.8 Å². The summed E-state index contributed by atoms with van der Waals surface area (Å²) in [5.41, 5.74) is 11.7. The average molecular weight is 716 g/mol. The number of piperidine rings is 1. The van der Waals surface area contributed by atoms with Crippen molar-refractivity contribution in [3.63, 3.8) is 0 Å². The normalized spacial score (nSPS) is 26.9. The van der Waals surface area contributed by atoms with Gasteiger partial charge in [-0.3, -0.25) is 4.79 Å². The molecule has 0 radical (unpaired) electrons. The first-order chi connectivity index (χ1) is 25.9. The summed E-state index contributed by atoms with van der Waals surface area (Å²) in [5, 5.41) is 8.91. The number of rotatable bonds is 10. The Morgan fingerprint density at radius 2 is 1.60 bits per heavy atom. The number of benzene rings is 2. The smallest absolute Gasteiger partial charge is 0.308 e. The number of pyridine rings is 1. The molecule has 3 aliphatic heterocycles. The number of nitrogen functional groups attached to an aromatic ring is 1. The Morgan fingerprint density at radius 3 is 2.32 bits per heavy atom. The minimum absolute atomic E-state index is 0.0311. The molecule has 3 saturated heterocycles. The van der Waals surface area contributed by atoms with E-state index in [2.05, 4.69) is 49.2 Å². The van der Waals surface area contributed by atoms with Gasteiger partial charge in [0.2, 0.25) is 5.88 Å². The molecule has 4 aromatic rings. The van der Waals surface area contributed by atoms with Crippen LogP contribution < -0.4 is 25.0 Å². The number of carbonyl (C=O) groups excluding carboxylic acids is 1. The van der Waals surface area contributed by atoms with Crippen LogP contribution in [0.1, 0.15) is 56.9 Å². The molecule has 5 fully saturated rings. The summed E-state index contributed by atoms with van der Waals surface area (Å²) < 4.78 is 17.6. The summed E-state index contributed by atoms with van der Waals surface area (Å²) in [7, 11) is 1.50. The molecule has 11 heteroatoms. The molecule has 2 N–H and O–H groups in total. The Bertz CT molecular complexity index is 1890. The van der Waals surface area contributed by atoms with Crippen LogP contribution in [0.3, 0.4) is 0 Å². The van der Waals surface area contributed by atoms with E-state index in [9.17, 15) is 4.79 Å². The standard InChI is InChI=1S/C42H49N7O4/c1-51-41(50)29-20-42(21-29)22-33(23-42)47-17-15-34(16-18-47)53-39-14-13-30(24-44-39)49-31-11-12-32(49)26-48(25-31)37-19-36(45-46-40(37)43)35-9-5-6-10-38(35)52-27-28-7-3-2-4-8-28/h2-10,13-14,19,24,29,31-34H,11-12,15-18,20-23,25-27H2,1H3,(H2,43,46). The molecule has 9 rings (SSSR count). The third-order valence-corrected chi connectivity index (χ3v) is 12.6. The van der Waals surface area contributed by atoms with Gasteiger partial charge >= 0.3 is 5.97 Å². The monoisotopic (exact) mass is 715 g/mol. The fourth-order valence-corrected chi connectivity index (χ4v) is 9.81. The topological polar surface area (TPSA) is 119 Å². The molecule has 2 aliphatic carbocycles. The summed E-state index contributed by atoms with van der Waals surface area (Å²) in [4.78, 5) is 24.2. The van der Waals surface area contributed by atoms with Gasteiger partial charge < -0.3 is 34.6 Å². The van der Waals surface area contributed by atoms with E-state index in [1.807, 2.05) is 54.7 Å². The predicted octanol–water partition coefficient (Wildman–Crippen LogP) is 6.13. The number of anilines is 3. The van der Waals surface area contributed by atoms with Gasteiger partial charge in [0.25, 0.3) is 0 Å². The minimum Gasteiger partial charge on any atom is -0.488 e. The molecular formula is C42H49N7O4. The Balaban J connectivity index is 0.791. The highest BCUT2D eigenvalue weighted by Crippen LogP contribution is 2.60. The van der Waals surface area contributed by atoms with Gasteiger partial charge in [-0.1, -0.05) is 42.5 Å². The first-order valence-electron chi connectivity index (χ1n) is 19.3. The van der Waals surface area contributed by atoms with Gasteiger partial charge in [0, 0.05) is 55.9 Å². The Kier molecular flexibility index (Phi) is 9.05. The molecular weight excluding hydrogens is 667 g/mol. The summed E-state index contributed by atoms with van der Waals surface area (Å²) in [6.07, 6.45) is 10.9. The third-order valence-electron chi connectivity index (χ3n) is 12.6. The molecule has 2 atom stereocenters. The van der Waals surface area contributed by atoms with Gasteiger partial charge in [0.15, 0.2) is 5.82 Å². The van der Waals surface area contributed by atoms with Crippen LogP contribution in [0.4, 0.5) is 17.2 Å². The summed E-state index contributed by atoms with van der Waals surface area (Å²) in [6, 6.07) is 25.8. The second-order valence-corrected chi connectivity index (χ2v) is 15.9. The lowest BCUT2D eigenvalue weighted by atomic mass is 9.49. The molecule has 2 saturated carbocycles. The first-order valence-corrected chi connectivity index (χ1v) is 19.3. The van der Waals surface area contributed by atoms with Crippen molar-refractivity contribution < 1.29 is 19.0 Å². The van der Waals surface area contributed by atoms with Gasteiger partial charge in [-0.2, -0.15) is 0 Å². The molecule has 2 aromatic carbocycles. The number of carbonyl (C=O) groups is 1. The lowest BCUT2D eigenvalue weighted by Crippen LogP contribution is -2.59. The lowest BCUT2D eigenvalue weighted by molar-refractivity contribution is -0.163. The molecule has 0 amide bonds. The average Bonchev–Trinajstić information content (AvgIpc) is 3.42. The third kappa shape index (κ3) is 6.75. The molecule has 11 nitrogen and oxygen atoms in total. The van der Waals surface area contributed by atoms with Crippen LogP contribution in [0.5, 0.6) is 11.6 Å². The SMILES string of the molecule is COC(=O)C1CC2(C1)CC(N1CCC(Oc3ccc(N4C5CCC4CN(c4cc(-c6ccccc6OCc6ccccc6)nnc4N)C5)cn3)CC1)C2. The molecule has 5 heterocycles. The zero-order valence-electron chi connectivity index (χ0n) is 30.5. The van der Waals surface area contributed by atoms with Crippen molar-refractivity contribution in [3.8, 4) is 22.9 Å². The summed E-state index contributed by atoms with van der Waals surface area (Å²) in [5.74, 6) is 2.01. The number of hydrogen-bond donors (Lipinski definition) is 1. The van der Waals surface area contributed by atoms with Crippen molar-refractivity contribution >= 4 is 23.2 Å². The number of para-hydroxylation sites is 1. The number of methoxy groups -OCH3 is 1. The lowest BCUT2D eigenvalue weighted by Gasteiger charge is -2.60. The number of hydrogen-bond acceptors (Lipinski definition) is 11. The van der Waals surface area contributed by atoms with Crippen LogP contribution in [0.2, 0.25) is 0 Å². The maximum absolute atomic E-state index is 11.8. The van der Waals surface area contributed by atoms with E-state index in [4.69, 9.17) is 24.9 Å². The number of likely N-dealkylation sites (tertiary alicyclic amines) is 1. The van der Waals surface area contributed by atoms with E-state index < -0.39 is 0 Å². The van der Waals surface area contributed by atoms with Crippen LogP contribution in [-0.2, 0) is 16.1 Å². The van der Waals surface area contributed by atoms with Crippen molar-refractivity contribution in [2.75, 3.05) is 48.8 Å². The van der Waals surface area contributed by atoms with E-state index in [1.165, 1.54) is 20.0 Å². The second-order valence-electron chi connectivity index (χ2n) is 15.9. The van der Waals surface area contributed by atoms with Gasteiger partial charge in [-0.15, -0.1) is 10.2 Å². The number of fused-ring (bicyclic) bond motifs is 2. The zero-order valence-corrected chi connectivity index (χ0v) is 30.5. The fraction of sp³-hybridized carbons (Fsp3) is 0.476. The molecule has 2 unspecified atom stereocenters. The highest BCUT2D eigenvalue weighted by Gasteiger charge is 2.56. The van der Waals surface area contributed by atoms with Gasteiger partial charge in [0.05, 0.1) is 36.3 Å². The molecule has 1 spiro atoms. The van der Waals surface area contributed by atoms with E-state index in [-0.39, 0.29) is 18.0 Å². The van der Waals surface area contributed by atoms with Crippen LogP contribution in [0.15, 0.2) is 79.0 Å². The Hall–Kier alpha value is -4.90. The van der Waals surface area contributed by atoms with Crippen LogP contribution in [0, 0.1) is 11.3 Å². The second kappa shape index (κ2) is 14.2. The maximum atomic E-state index is 11.8. The number of nitrogens with zero attached hydrogens (tertiary/aromatic N) is 6. The zero-order chi connectivity index (χ0) is 35.9. The number of piperazine rings is 1. The van der Waals surface area contributed by atoms with Crippen LogP contribution in [-0.4, -0.2) is 83.6 Å². The molecule has 53 heavy (non-hydrogen) atoms. The quantitative estimate of drug-likeness (QED) is 0.191. The van der Waals surface area contributed by atoms with E-state index in [1.54, 1.807) is 0 Å². The van der Waals surface area contributed by atoms with Gasteiger partial charge in [-0.25, -0.2) is 4.98 Å². The molecule has 5 aliphatic rings. The van der Waals surface area contributed by atoms with Gasteiger partial charge in [0.1, 0.15) is 18.5 Å². The maximum Gasteiger partial charge on any atom is 0.308 e. The van der Waals surface area contributed by atoms with Crippen LogP contribution in [0.25, 0.3) is 11.3 Å². The summed E-state index contributed by atoms with van der Waals surface area (Å²) in [6.45, 7) is 4.30. The Labute approximate surface area is 311 Å². The van der Waals surface area contributed by atoms with Crippen molar-refractivity contribution in [1.29, 1.82) is 0 Å². The minimum atomic E-state index is -0.0311. The largest absolute Gasteiger partial charge is 0.488 e. The number of esters is 1. The molecule has 2 bridgehead atoms. The fourth-order valence-electron chi connectivity index (χ4n) is 9.81. The van der Waals surface area contributed by atoms with Crippen LogP contribution >= 0.6 is 0 Å². The van der Waals surface area contributed by atoms with Crippen molar-refractivity contribution in [3.05, 3.63) is 84.6 Å². The highest BCUT2D eigenvalue weighted by molar-refractivity contribution is 5.75. The van der Waals surface area contributed by atoms with Crippen molar-refractivity contribution in [2.45, 2.75) is 82.2 Å². The Morgan fingerprint density at radius 1 is 0.868 bits per heavy atom. The number of aromatic nitrogens is 3. The molecule has 276 valence electrons. The predicted molar refractivity (Wildman–Crippen MR) is 204 cm³/mol. The van der Waals surface area contributed by atoms with Crippen molar-refractivity contribution in [1.82, 2.24) is 20.1 Å². The number of ether oxygens (including phenoxy) is 3. The highest BCUT2D eigenvalue weighted by atomic mass is 16.5. The first kappa shape index (κ1) is 33.9. The van der Waals surface area contributed by atoms with E-state index >= 15 is 0 Å².